The molecule has 19 heavy (non-hydrogen) atoms. The molecule has 1 aromatic rings. The second kappa shape index (κ2) is 5.30. The SMILES string of the molecule is CN(C)c1ccc(C(=O)NC(C(=O)O)C2CC2)cc1. The summed E-state index contributed by atoms with van der Waals surface area (Å²) in [5.41, 5.74) is 1.48. The van der Waals surface area contributed by atoms with Crippen molar-refractivity contribution >= 4 is 17.6 Å². The van der Waals surface area contributed by atoms with Gasteiger partial charge in [-0.05, 0) is 43.0 Å². The third kappa shape index (κ3) is 3.24. The molecule has 0 aliphatic heterocycles. The van der Waals surface area contributed by atoms with E-state index in [2.05, 4.69) is 5.32 Å². The zero-order valence-corrected chi connectivity index (χ0v) is 11.1. The van der Waals surface area contributed by atoms with Crippen molar-refractivity contribution < 1.29 is 14.7 Å². The van der Waals surface area contributed by atoms with Crippen molar-refractivity contribution in [1.29, 1.82) is 0 Å². The van der Waals surface area contributed by atoms with Crippen molar-refractivity contribution in [2.45, 2.75) is 18.9 Å². The van der Waals surface area contributed by atoms with Gasteiger partial charge in [-0.1, -0.05) is 0 Å². The normalized spacial score (nSPS) is 15.7. The number of aliphatic carboxylic acids is 1. The van der Waals surface area contributed by atoms with Crippen molar-refractivity contribution in [3.05, 3.63) is 29.8 Å². The number of carbonyl (C=O) groups is 2. The monoisotopic (exact) mass is 262 g/mol. The summed E-state index contributed by atoms with van der Waals surface area (Å²) in [7, 11) is 3.84. The van der Waals surface area contributed by atoms with Crippen LogP contribution in [0.5, 0.6) is 0 Å². The fourth-order valence-electron chi connectivity index (χ4n) is 1.95. The largest absolute Gasteiger partial charge is 0.480 e. The molecule has 1 atom stereocenters. The molecule has 1 saturated carbocycles. The van der Waals surface area contributed by atoms with Crippen LogP contribution in [0, 0.1) is 5.92 Å². The maximum atomic E-state index is 12.0. The first kappa shape index (κ1) is 13.4. The highest BCUT2D eigenvalue weighted by molar-refractivity contribution is 5.97. The molecular formula is C14H18N2O3. The first-order valence-corrected chi connectivity index (χ1v) is 6.30. The van der Waals surface area contributed by atoms with E-state index in [-0.39, 0.29) is 11.8 Å². The third-order valence-corrected chi connectivity index (χ3v) is 3.29. The number of anilines is 1. The first-order valence-electron chi connectivity index (χ1n) is 6.30. The maximum Gasteiger partial charge on any atom is 0.326 e. The lowest BCUT2D eigenvalue weighted by atomic mass is 10.1. The Bertz CT molecular complexity index is 478. The number of hydrogen-bond acceptors (Lipinski definition) is 3. The molecule has 2 N–H and O–H groups in total. The Morgan fingerprint density at radius 1 is 1.26 bits per heavy atom. The number of hydrogen-bond donors (Lipinski definition) is 2. The van der Waals surface area contributed by atoms with Gasteiger partial charge in [0, 0.05) is 25.3 Å². The predicted molar refractivity (Wildman–Crippen MR) is 72.4 cm³/mol. The lowest BCUT2D eigenvalue weighted by Gasteiger charge is -2.15. The van der Waals surface area contributed by atoms with Gasteiger partial charge in [-0.15, -0.1) is 0 Å². The van der Waals surface area contributed by atoms with Crippen LogP contribution in [0.1, 0.15) is 23.2 Å². The molecule has 0 heterocycles. The van der Waals surface area contributed by atoms with Crippen LogP contribution in [0.15, 0.2) is 24.3 Å². The highest BCUT2D eigenvalue weighted by Gasteiger charge is 2.37. The Labute approximate surface area is 112 Å². The molecule has 0 saturated heterocycles. The number of amides is 1. The van der Waals surface area contributed by atoms with Gasteiger partial charge in [-0.3, -0.25) is 4.79 Å². The van der Waals surface area contributed by atoms with Crippen molar-refractivity contribution in [2.24, 2.45) is 5.92 Å². The third-order valence-electron chi connectivity index (χ3n) is 3.29. The fourth-order valence-corrected chi connectivity index (χ4v) is 1.95. The van der Waals surface area contributed by atoms with E-state index in [1.807, 2.05) is 31.1 Å². The molecule has 1 aliphatic carbocycles. The number of nitrogens with zero attached hydrogens (tertiary/aromatic N) is 1. The molecule has 0 spiro atoms. The van der Waals surface area contributed by atoms with Crippen LogP contribution in [0.3, 0.4) is 0 Å². The molecule has 1 aliphatic rings. The number of rotatable bonds is 5. The smallest absolute Gasteiger partial charge is 0.326 e. The van der Waals surface area contributed by atoms with Gasteiger partial charge in [0.05, 0.1) is 0 Å². The molecule has 0 aromatic heterocycles. The average Bonchev–Trinajstić information content (AvgIpc) is 3.19. The molecule has 1 aromatic carbocycles. The highest BCUT2D eigenvalue weighted by atomic mass is 16.4. The topological polar surface area (TPSA) is 69.6 Å². The Morgan fingerprint density at radius 3 is 2.26 bits per heavy atom. The molecule has 102 valence electrons. The number of carboxylic acids is 1. The van der Waals surface area contributed by atoms with Crippen molar-refractivity contribution in [3.8, 4) is 0 Å². The average molecular weight is 262 g/mol. The van der Waals surface area contributed by atoms with Gasteiger partial charge in [0.1, 0.15) is 6.04 Å². The summed E-state index contributed by atoms with van der Waals surface area (Å²) in [6.07, 6.45) is 1.74. The lowest BCUT2D eigenvalue weighted by molar-refractivity contribution is -0.139. The van der Waals surface area contributed by atoms with E-state index >= 15 is 0 Å². The van der Waals surface area contributed by atoms with Gasteiger partial charge < -0.3 is 15.3 Å². The minimum Gasteiger partial charge on any atom is -0.480 e. The molecular weight excluding hydrogens is 244 g/mol. The van der Waals surface area contributed by atoms with E-state index < -0.39 is 12.0 Å². The number of benzene rings is 1. The zero-order valence-electron chi connectivity index (χ0n) is 11.1. The molecule has 1 amide bonds. The van der Waals surface area contributed by atoms with Gasteiger partial charge in [0.15, 0.2) is 0 Å². The molecule has 5 nitrogen and oxygen atoms in total. The minimum absolute atomic E-state index is 0.0856. The molecule has 2 rings (SSSR count). The summed E-state index contributed by atoms with van der Waals surface area (Å²) in [5.74, 6) is -1.20. The van der Waals surface area contributed by atoms with Crippen LogP contribution in [-0.2, 0) is 4.79 Å². The van der Waals surface area contributed by atoms with Gasteiger partial charge >= 0.3 is 5.97 Å². The summed E-state index contributed by atoms with van der Waals surface area (Å²) < 4.78 is 0. The van der Waals surface area contributed by atoms with Crippen molar-refractivity contribution in [1.82, 2.24) is 5.32 Å². The van der Waals surface area contributed by atoms with E-state index in [4.69, 9.17) is 5.11 Å². The number of nitrogens with one attached hydrogen (secondary N) is 1. The van der Waals surface area contributed by atoms with Crippen LogP contribution in [-0.4, -0.2) is 37.1 Å². The molecule has 0 radical (unpaired) electrons. The van der Waals surface area contributed by atoms with Crippen molar-refractivity contribution in [3.63, 3.8) is 0 Å². The first-order chi connectivity index (χ1) is 8.99. The van der Waals surface area contributed by atoms with Gasteiger partial charge in [0.2, 0.25) is 0 Å². The lowest BCUT2D eigenvalue weighted by Crippen LogP contribution is -2.42. The number of carboxylic acid groups (broad SMARTS) is 1. The van der Waals surface area contributed by atoms with E-state index in [0.29, 0.717) is 5.56 Å². The summed E-state index contributed by atoms with van der Waals surface area (Å²) in [5, 5.41) is 11.7. The second-order valence-corrected chi connectivity index (χ2v) is 5.07. The standard InChI is InChI=1S/C14H18N2O3/c1-16(2)11-7-5-10(6-8-11)13(17)15-12(14(18)19)9-3-4-9/h5-9,12H,3-4H2,1-2H3,(H,15,17)(H,18,19). The summed E-state index contributed by atoms with van der Waals surface area (Å²) in [4.78, 5) is 25.0. The zero-order chi connectivity index (χ0) is 14.0. The molecule has 1 fully saturated rings. The van der Waals surface area contributed by atoms with Gasteiger partial charge in [-0.2, -0.15) is 0 Å². The Balaban J connectivity index is 2.04. The van der Waals surface area contributed by atoms with E-state index in [9.17, 15) is 9.59 Å². The second-order valence-electron chi connectivity index (χ2n) is 5.07. The Morgan fingerprint density at radius 2 is 1.84 bits per heavy atom. The summed E-state index contributed by atoms with van der Waals surface area (Å²) in [6.45, 7) is 0. The summed E-state index contributed by atoms with van der Waals surface area (Å²) in [6, 6.07) is 6.32. The Hall–Kier alpha value is -2.04. The van der Waals surface area contributed by atoms with Crippen LogP contribution >= 0.6 is 0 Å². The fraction of sp³-hybridized carbons (Fsp3) is 0.429. The van der Waals surface area contributed by atoms with E-state index in [1.165, 1.54) is 0 Å². The minimum atomic E-state index is -0.958. The van der Waals surface area contributed by atoms with E-state index in [0.717, 1.165) is 18.5 Å². The molecule has 0 bridgehead atoms. The van der Waals surface area contributed by atoms with Gasteiger partial charge in [0.25, 0.3) is 5.91 Å². The van der Waals surface area contributed by atoms with Crippen LogP contribution in [0.2, 0.25) is 0 Å². The Kier molecular flexibility index (Phi) is 3.74. The maximum absolute atomic E-state index is 12.0. The van der Waals surface area contributed by atoms with Crippen LogP contribution in [0.4, 0.5) is 5.69 Å². The van der Waals surface area contributed by atoms with E-state index in [1.54, 1.807) is 12.1 Å². The van der Waals surface area contributed by atoms with Gasteiger partial charge in [-0.25, -0.2) is 4.79 Å². The molecule has 5 heteroatoms. The summed E-state index contributed by atoms with van der Waals surface area (Å²) >= 11 is 0. The quantitative estimate of drug-likeness (QED) is 0.840. The predicted octanol–water partition coefficient (Wildman–Crippen LogP) is 1.35. The number of carbonyl (C=O) groups excluding carboxylic acids is 1. The van der Waals surface area contributed by atoms with Crippen molar-refractivity contribution in [2.75, 3.05) is 19.0 Å². The highest BCUT2D eigenvalue weighted by Crippen LogP contribution is 2.32. The molecule has 1 unspecified atom stereocenters. The van der Waals surface area contributed by atoms with Crippen LogP contribution in [0.25, 0.3) is 0 Å². The van der Waals surface area contributed by atoms with Crippen LogP contribution < -0.4 is 10.2 Å².